The largest absolute Gasteiger partial charge is 0.198 e. The lowest BCUT2D eigenvalue weighted by Gasteiger charge is -2.41. The molecule has 82 valence electrons. The number of rotatable bonds is 6. The van der Waals surface area contributed by atoms with Crippen molar-refractivity contribution in [3.63, 3.8) is 0 Å². The minimum Gasteiger partial charge on any atom is -0.198 e. The lowest BCUT2D eigenvalue weighted by atomic mass is 9.62. The van der Waals surface area contributed by atoms with Gasteiger partial charge in [-0.25, -0.2) is 0 Å². The Bertz CT molecular complexity index is 182. The van der Waals surface area contributed by atoms with E-state index in [2.05, 4.69) is 40.7 Å². The van der Waals surface area contributed by atoms with Crippen LogP contribution in [0.25, 0.3) is 0 Å². The van der Waals surface area contributed by atoms with Gasteiger partial charge in [0.15, 0.2) is 0 Å². The van der Waals surface area contributed by atoms with Crippen LogP contribution >= 0.6 is 0 Å². The summed E-state index contributed by atoms with van der Waals surface area (Å²) in [4.78, 5) is 0. The fourth-order valence-electron chi connectivity index (χ4n) is 3.02. The van der Waals surface area contributed by atoms with Gasteiger partial charge in [-0.15, -0.1) is 0 Å². The Hall–Kier alpha value is -0.510. The predicted octanol–water partition coefficient (Wildman–Crippen LogP) is 4.39. The lowest BCUT2D eigenvalue weighted by Crippen LogP contribution is -2.35. The number of hydrogen-bond acceptors (Lipinski definition) is 1. The van der Waals surface area contributed by atoms with Gasteiger partial charge in [-0.05, 0) is 31.1 Å². The second kappa shape index (κ2) is 6.06. The first-order valence-corrected chi connectivity index (χ1v) is 6.02. The van der Waals surface area contributed by atoms with Crippen LogP contribution in [0, 0.1) is 28.6 Å². The van der Waals surface area contributed by atoms with Gasteiger partial charge in [0.05, 0.1) is 6.07 Å². The van der Waals surface area contributed by atoms with E-state index in [1.807, 2.05) is 0 Å². The molecular weight excluding hydrogens is 170 g/mol. The van der Waals surface area contributed by atoms with Crippen molar-refractivity contribution < 1.29 is 0 Å². The number of hydrogen-bond donors (Lipinski definition) is 0. The molecule has 0 aromatic rings. The summed E-state index contributed by atoms with van der Waals surface area (Å²) >= 11 is 0. The van der Waals surface area contributed by atoms with E-state index in [-0.39, 0.29) is 11.3 Å². The number of nitriles is 1. The Morgan fingerprint density at radius 3 is 1.71 bits per heavy atom. The predicted molar refractivity (Wildman–Crippen MR) is 61.9 cm³/mol. The van der Waals surface area contributed by atoms with E-state index in [0.29, 0.717) is 5.92 Å². The molecular formula is C13H25N. The van der Waals surface area contributed by atoms with Crippen LogP contribution in [-0.4, -0.2) is 0 Å². The fourth-order valence-corrected chi connectivity index (χ4v) is 3.02. The Balaban J connectivity index is 4.95. The highest BCUT2D eigenvalue weighted by Gasteiger charge is 2.38. The van der Waals surface area contributed by atoms with Crippen molar-refractivity contribution in [2.75, 3.05) is 0 Å². The summed E-state index contributed by atoms with van der Waals surface area (Å²) in [7, 11) is 0. The Labute approximate surface area is 89.5 Å². The summed E-state index contributed by atoms with van der Waals surface area (Å²) in [6.07, 6.45) is 4.66. The third-order valence-corrected chi connectivity index (χ3v) is 4.17. The molecule has 0 heterocycles. The van der Waals surface area contributed by atoms with E-state index in [1.165, 1.54) is 12.8 Å². The molecule has 1 nitrogen and oxygen atoms in total. The van der Waals surface area contributed by atoms with E-state index in [1.54, 1.807) is 0 Å². The first kappa shape index (κ1) is 13.5. The minimum atomic E-state index is 0.183. The van der Waals surface area contributed by atoms with Crippen LogP contribution in [0.1, 0.15) is 60.3 Å². The molecule has 0 bridgehead atoms. The SMILES string of the molecule is CCC(CC)C(CC)(CC)C(C)C#N. The van der Waals surface area contributed by atoms with Crippen molar-refractivity contribution in [2.45, 2.75) is 60.3 Å². The summed E-state index contributed by atoms with van der Waals surface area (Å²) in [6.45, 7) is 11.0. The van der Waals surface area contributed by atoms with Crippen molar-refractivity contribution in [3.05, 3.63) is 0 Å². The first-order chi connectivity index (χ1) is 6.62. The van der Waals surface area contributed by atoms with E-state index < -0.39 is 0 Å². The van der Waals surface area contributed by atoms with Gasteiger partial charge in [0, 0.05) is 5.92 Å². The van der Waals surface area contributed by atoms with Crippen molar-refractivity contribution in [1.82, 2.24) is 0 Å². The molecule has 0 radical (unpaired) electrons. The molecule has 0 aliphatic heterocycles. The molecule has 0 saturated carbocycles. The van der Waals surface area contributed by atoms with Gasteiger partial charge < -0.3 is 0 Å². The van der Waals surface area contributed by atoms with Crippen molar-refractivity contribution in [3.8, 4) is 6.07 Å². The summed E-state index contributed by atoms with van der Waals surface area (Å²) in [6, 6.07) is 2.46. The maximum Gasteiger partial charge on any atom is 0.0658 e. The van der Waals surface area contributed by atoms with Crippen LogP contribution in [0.5, 0.6) is 0 Å². The van der Waals surface area contributed by atoms with E-state index in [0.717, 1.165) is 12.8 Å². The highest BCUT2D eigenvalue weighted by Crippen LogP contribution is 2.45. The van der Waals surface area contributed by atoms with Crippen molar-refractivity contribution in [1.29, 1.82) is 5.26 Å². The molecule has 1 atom stereocenters. The zero-order valence-electron chi connectivity index (χ0n) is 10.4. The second-order valence-corrected chi connectivity index (χ2v) is 4.30. The molecule has 0 fully saturated rings. The molecule has 0 aliphatic carbocycles. The third-order valence-electron chi connectivity index (χ3n) is 4.17. The smallest absolute Gasteiger partial charge is 0.0658 e. The van der Waals surface area contributed by atoms with Gasteiger partial charge in [0.2, 0.25) is 0 Å². The Kier molecular flexibility index (Phi) is 5.84. The third kappa shape index (κ3) is 2.29. The van der Waals surface area contributed by atoms with E-state index in [9.17, 15) is 0 Å². The molecule has 0 aromatic heterocycles. The summed E-state index contributed by atoms with van der Waals surface area (Å²) in [5.74, 6) is 0.884. The standard InChI is InChI=1S/C13H25N/c1-6-12(7-2)13(8-3,9-4)11(5)10-14/h11-12H,6-9H2,1-5H3. The van der Waals surface area contributed by atoms with Gasteiger partial charge in [0.1, 0.15) is 0 Å². The van der Waals surface area contributed by atoms with Gasteiger partial charge >= 0.3 is 0 Å². The van der Waals surface area contributed by atoms with E-state index in [4.69, 9.17) is 5.26 Å². The zero-order chi connectivity index (χ0) is 11.2. The van der Waals surface area contributed by atoms with Gasteiger partial charge in [-0.1, -0.05) is 40.5 Å². The highest BCUT2D eigenvalue weighted by molar-refractivity contribution is 4.97. The Morgan fingerprint density at radius 2 is 1.50 bits per heavy atom. The maximum absolute atomic E-state index is 9.12. The second-order valence-electron chi connectivity index (χ2n) is 4.30. The highest BCUT2D eigenvalue weighted by atomic mass is 14.4. The van der Waals surface area contributed by atoms with Gasteiger partial charge in [0.25, 0.3) is 0 Å². The van der Waals surface area contributed by atoms with Crippen LogP contribution in [0.4, 0.5) is 0 Å². The molecule has 14 heavy (non-hydrogen) atoms. The monoisotopic (exact) mass is 195 g/mol. The maximum atomic E-state index is 9.12. The average Bonchev–Trinajstić information content (AvgIpc) is 2.25. The van der Waals surface area contributed by atoms with Gasteiger partial charge in [-0.2, -0.15) is 5.26 Å². The van der Waals surface area contributed by atoms with Crippen LogP contribution in [-0.2, 0) is 0 Å². The topological polar surface area (TPSA) is 23.8 Å². The molecule has 0 amide bonds. The fraction of sp³-hybridized carbons (Fsp3) is 0.923. The molecule has 0 N–H and O–H groups in total. The summed E-state index contributed by atoms with van der Waals surface area (Å²) < 4.78 is 0. The van der Waals surface area contributed by atoms with Crippen LogP contribution in [0.3, 0.4) is 0 Å². The van der Waals surface area contributed by atoms with Crippen molar-refractivity contribution >= 4 is 0 Å². The normalized spacial score (nSPS) is 14.1. The van der Waals surface area contributed by atoms with Crippen LogP contribution < -0.4 is 0 Å². The summed E-state index contributed by atoms with van der Waals surface area (Å²) in [5.41, 5.74) is 0.248. The molecule has 0 aliphatic rings. The quantitative estimate of drug-likeness (QED) is 0.616. The summed E-state index contributed by atoms with van der Waals surface area (Å²) in [5, 5.41) is 9.12. The van der Waals surface area contributed by atoms with Crippen LogP contribution in [0.15, 0.2) is 0 Å². The molecule has 0 rings (SSSR count). The van der Waals surface area contributed by atoms with Crippen LogP contribution in [0.2, 0.25) is 0 Å². The zero-order valence-corrected chi connectivity index (χ0v) is 10.4. The van der Waals surface area contributed by atoms with Gasteiger partial charge in [-0.3, -0.25) is 0 Å². The molecule has 0 spiro atoms. The number of nitrogens with zero attached hydrogens (tertiary/aromatic N) is 1. The van der Waals surface area contributed by atoms with Crippen molar-refractivity contribution in [2.24, 2.45) is 17.3 Å². The lowest BCUT2D eigenvalue weighted by molar-refractivity contribution is 0.0884. The van der Waals surface area contributed by atoms with E-state index >= 15 is 0 Å². The molecule has 0 saturated heterocycles. The molecule has 0 aromatic carbocycles. The molecule has 1 heteroatoms. The Morgan fingerprint density at radius 1 is 1.07 bits per heavy atom. The molecule has 1 unspecified atom stereocenters. The first-order valence-electron chi connectivity index (χ1n) is 6.02. The average molecular weight is 195 g/mol. The minimum absolute atomic E-state index is 0.183.